The molecule has 0 spiro atoms. The molecule has 0 fully saturated rings. The molecule has 4 rings (SSSR count). The fraction of sp³-hybridized carbons (Fsp3) is 0.348. The second kappa shape index (κ2) is 8.57. The van der Waals surface area contributed by atoms with Crippen molar-refractivity contribution < 1.29 is 9.90 Å². The van der Waals surface area contributed by atoms with Gasteiger partial charge in [-0.3, -0.25) is 14.2 Å². The molecular weight excluding hydrogens is 366 g/mol. The molecule has 0 unspecified atom stereocenters. The number of aryl methyl sites for hydroxylation is 1. The smallest absolute Gasteiger partial charge is 0.261 e. The van der Waals surface area contributed by atoms with Crippen molar-refractivity contribution in [1.82, 2.24) is 14.9 Å². The Morgan fingerprint density at radius 2 is 1.90 bits per heavy atom. The lowest BCUT2D eigenvalue weighted by Crippen LogP contribution is -2.29. The van der Waals surface area contributed by atoms with Gasteiger partial charge in [0.1, 0.15) is 5.82 Å². The molecule has 1 atom stereocenters. The third-order valence-electron chi connectivity index (χ3n) is 5.47. The molecule has 0 radical (unpaired) electrons. The van der Waals surface area contributed by atoms with Crippen LogP contribution >= 0.6 is 0 Å². The predicted octanol–water partition coefficient (Wildman–Crippen LogP) is 2.98. The van der Waals surface area contributed by atoms with Crippen molar-refractivity contribution in [3.63, 3.8) is 0 Å². The number of rotatable bonds is 4. The fourth-order valence-electron chi connectivity index (χ4n) is 3.82. The van der Waals surface area contributed by atoms with Gasteiger partial charge in [-0.15, -0.1) is 0 Å². The SMILES string of the molecule is O=C(NC[C@@H](O)c1ccccc1)c1ccc2c(=O)n3c(nc2c1)CCCCCC3. The third-order valence-corrected chi connectivity index (χ3v) is 5.47. The predicted molar refractivity (Wildman–Crippen MR) is 112 cm³/mol. The summed E-state index contributed by atoms with van der Waals surface area (Å²) in [6, 6.07) is 14.2. The van der Waals surface area contributed by atoms with Gasteiger partial charge in [0.05, 0.1) is 17.0 Å². The van der Waals surface area contributed by atoms with Crippen molar-refractivity contribution in [2.75, 3.05) is 6.54 Å². The van der Waals surface area contributed by atoms with Gasteiger partial charge < -0.3 is 10.4 Å². The summed E-state index contributed by atoms with van der Waals surface area (Å²) in [5, 5.41) is 13.5. The molecule has 1 aromatic heterocycles. The van der Waals surface area contributed by atoms with Crippen molar-refractivity contribution in [2.45, 2.75) is 44.8 Å². The standard InChI is InChI=1S/C23H25N3O3/c27-20(16-8-4-3-5-9-16)15-24-22(28)17-11-12-18-19(14-17)25-21-10-6-1-2-7-13-26(21)23(18)29/h3-5,8-9,11-12,14,20,27H,1-2,6-7,10,13,15H2,(H,24,28)/t20-/m1/s1. The van der Waals surface area contributed by atoms with Crippen LogP contribution in [0.1, 0.15) is 53.5 Å². The Morgan fingerprint density at radius 3 is 2.72 bits per heavy atom. The largest absolute Gasteiger partial charge is 0.387 e. The molecule has 29 heavy (non-hydrogen) atoms. The number of fused-ring (bicyclic) bond motifs is 2. The summed E-state index contributed by atoms with van der Waals surface area (Å²) in [6.45, 7) is 0.817. The van der Waals surface area contributed by atoms with E-state index in [1.807, 2.05) is 30.3 Å². The van der Waals surface area contributed by atoms with E-state index >= 15 is 0 Å². The monoisotopic (exact) mass is 391 g/mol. The Balaban J connectivity index is 1.55. The quantitative estimate of drug-likeness (QED) is 0.716. The Morgan fingerprint density at radius 1 is 1.10 bits per heavy atom. The average molecular weight is 391 g/mol. The Hall–Kier alpha value is -2.99. The lowest BCUT2D eigenvalue weighted by molar-refractivity contribution is 0.0916. The summed E-state index contributed by atoms with van der Waals surface area (Å²) in [6.07, 6.45) is 4.31. The van der Waals surface area contributed by atoms with Crippen LogP contribution in [0.3, 0.4) is 0 Å². The van der Waals surface area contributed by atoms with Crippen LogP contribution in [-0.4, -0.2) is 27.1 Å². The molecule has 1 aliphatic heterocycles. The van der Waals surface area contributed by atoms with Gasteiger partial charge in [-0.25, -0.2) is 4.98 Å². The number of hydrogen-bond acceptors (Lipinski definition) is 4. The highest BCUT2D eigenvalue weighted by Gasteiger charge is 2.15. The number of aliphatic hydroxyl groups excluding tert-OH is 1. The summed E-state index contributed by atoms with van der Waals surface area (Å²) in [5.74, 6) is 0.509. The lowest BCUT2D eigenvalue weighted by Gasteiger charge is -2.16. The first-order valence-electron chi connectivity index (χ1n) is 10.2. The van der Waals surface area contributed by atoms with Gasteiger partial charge in [-0.1, -0.05) is 43.2 Å². The number of amides is 1. The van der Waals surface area contributed by atoms with Crippen LogP contribution in [0.5, 0.6) is 0 Å². The topological polar surface area (TPSA) is 84.2 Å². The molecule has 150 valence electrons. The van der Waals surface area contributed by atoms with E-state index in [4.69, 9.17) is 4.98 Å². The first-order chi connectivity index (χ1) is 14.1. The van der Waals surface area contributed by atoms with Crippen molar-refractivity contribution >= 4 is 16.8 Å². The first kappa shape index (κ1) is 19.3. The molecule has 6 nitrogen and oxygen atoms in total. The summed E-state index contributed by atoms with van der Waals surface area (Å²) in [7, 11) is 0. The van der Waals surface area contributed by atoms with Gasteiger partial charge in [0.2, 0.25) is 0 Å². The number of aliphatic hydroxyl groups is 1. The number of benzene rings is 2. The van der Waals surface area contributed by atoms with Crippen LogP contribution in [0, 0.1) is 0 Å². The van der Waals surface area contributed by atoms with E-state index in [9.17, 15) is 14.7 Å². The van der Waals surface area contributed by atoms with Crippen molar-refractivity contribution in [1.29, 1.82) is 0 Å². The van der Waals surface area contributed by atoms with Crippen LogP contribution in [0.2, 0.25) is 0 Å². The van der Waals surface area contributed by atoms with Gasteiger partial charge in [-0.05, 0) is 36.6 Å². The summed E-state index contributed by atoms with van der Waals surface area (Å²) < 4.78 is 1.79. The maximum atomic E-state index is 12.9. The Labute approximate surface area is 169 Å². The number of carbonyl (C=O) groups is 1. The van der Waals surface area contributed by atoms with Gasteiger partial charge in [-0.2, -0.15) is 0 Å². The molecule has 2 N–H and O–H groups in total. The van der Waals surface area contributed by atoms with Gasteiger partial charge in [0.25, 0.3) is 11.5 Å². The summed E-state index contributed by atoms with van der Waals surface area (Å²) >= 11 is 0. The van der Waals surface area contributed by atoms with Crippen LogP contribution in [0.4, 0.5) is 0 Å². The van der Waals surface area contributed by atoms with Crippen molar-refractivity contribution in [3.8, 4) is 0 Å². The van der Waals surface area contributed by atoms with Crippen LogP contribution in [-0.2, 0) is 13.0 Å². The molecule has 0 saturated heterocycles. The number of carbonyl (C=O) groups excluding carboxylic acids is 1. The van der Waals surface area contributed by atoms with Crippen LogP contribution in [0.15, 0.2) is 53.3 Å². The van der Waals surface area contributed by atoms with Gasteiger partial charge >= 0.3 is 0 Å². The fourth-order valence-corrected chi connectivity index (χ4v) is 3.82. The molecule has 3 aromatic rings. The van der Waals surface area contributed by atoms with E-state index in [0.717, 1.165) is 43.5 Å². The Bertz CT molecular complexity index is 1080. The number of aromatic nitrogens is 2. The molecule has 1 amide bonds. The molecular formula is C23H25N3O3. The maximum Gasteiger partial charge on any atom is 0.261 e. The zero-order valence-electron chi connectivity index (χ0n) is 16.3. The van der Waals surface area contributed by atoms with Crippen LogP contribution < -0.4 is 10.9 Å². The van der Waals surface area contributed by atoms with Gasteiger partial charge in [0.15, 0.2) is 0 Å². The van der Waals surface area contributed by atoms with Crippen LogP contribution in [0.25, 0.3) is 10.9 Å². The Kier molecular flexibility index (Phi) is 5.71. The summed E-state index contributed by atoms with van der Waals surface area (Å²) in [4.78, 5) is 30.1. The van der Waals surface area contributed by atoms with E-state index in [0.29, 0.717) is 23.0 Å². The normalized spacial score (nSPS) is 15.2. The minimum absolute atomic E-state index is 0.0293. The molecule has 2 heterocycles. The molecule has 0 bridgehead atoms. The molecule has 6 heteroatoms. The van der Waals surface area contributed by atoms with Crippen molar-refractivity contribution in [3.05, 3.63) is 75.8 Å². The first-order valence-corrected chi connectivity index (χ1v) is 10.2. The molecule has 1 aliphatic rings. The maximum absolute atomic E-state index is 12.9. The third kappa shape index (κ3) is 4.22. The highest BCUT2D eigenvalue weighted by Crippen LogP contribution is 2.17. The van der Waals surface area contributed by atoms with E-state index in [-0.39, 0.29) is 18.0 Å². The minimum Gasteiger partial charge on any atom is -0.387 e. The second-order valence-electron chi connectivity index (χ2n) is 7.52. The summed E-state index contributed by atoms with van der Waals surface area (Å²) in [5.41, 5.74) is 1.71. The second-order valence-corrected chi connectivity index (χ2v) is 7.52. The highest BCUT2D eigenvalue weighted by molar-refractivity contribution is 5.97. The van der Waals surface area contributed by atoms with E-state index in [2.05, 4.69) is 5.32 Å². The number of nitrogens with zero attached hydrogens (tertiary/aromatic N) is 2. The average Bonchev–Trinajstić information content (AvgIpc) is 2.73. The zero-order chi connectivity index (χ0) is 20.2. The van der Waals surface area contributed by atoms with E-state index in [1.165, 1.54) is 0 Å². The number of hydrogen-bond donors (Lipinski definition) is 2. The van der Waals surface area contributed by atoms with Gasteiger partial charge in [0, 0.05) is 25.1 Å². The van der Waals surface area contributed by atoms with Crippen molar-refractivity contribution in [2.24, 2.45) is 0 Å². The van der Waals surface area contributed by atoms with E-state index in [1.54, 1.807) is 22.8 Å². The molecule has 0 aliphatic carbocycles. The number of nitrogens with one attached hydrogen (secondary N) is 1. The minimum atomic E-state index is -0.775. The van der Waals surface area contributed by atoms with E-state index < -0.39 is 6.10 Å². The zero-order valence-corrected chi connectivity index (χ0v) is 16.3. The molecule has 2 aromatic carbocycles. The lowest BCUT2D eigenvalue weighted by atomic mass is 10.1. The highest BCUT2D eigenvalue weighted by atomic mass is 16.3. The molecule has 0 saturated carbocycles.